The number of carbonyl (C=O) groups excluding carboxylic acids is 1. The lowest BCUT2D eigenvalue weighted by Crippen LogP contribution is -2.46. The lowest BCUT2D eigenvalue weighted by molar-refractivity contribution is -0.170. The number of carboxylic acid groups (broad SMARTS) is 3. The number of likely N-dealkylation sites (tertiary alicyclic amines) is 1. The molecule has 0 aliphatic carbocycles. The first-order valence-electron chi connectivity index (χ1n) is 8.90. The van der Waals surface area contributed by atoms with Crippen LogP contribution in [0.1, 0.15) is 46.5 Å². The summed E-state index contributed by atoms with van der Waals surface area (Å²) in [6.45, 7) is 9.86. The number of hydrogen-bond acceptors (Lipinski definition) is 5. The molecule has 0 atom stereocenters. The first-order chi connectivity index (χ1) is 12.5. The molecule has 1 aliphatic heterocycles. The number of hydrogen-bond donors (Lipinski definition) is 4. The average Bonchev–Trinajstić information content (AvgIpc) is 2.55. The highest BCUT2D eigenvalue weighted by atomic mass is 16.4. The molecule has 1 rings (SSSR count). The van der Waals surface area contributed by atoms with Crippen LogP contribution in [0.25, 0.3) is 0 Å². The number of aliphatic hydroxyl groups is 1. The first-order valence-corrected chi connectivity index (χ1v) is 8.90. The van der Waals surface area contributed by atoms with Gasteiger partial charge in [-0.15, -0.1) is 0 Å². The van der Waals surface area contributed by atoms with E-state index in [2.05, 4.69) is 6.92 Å². The summed E-state index contributed by atoms with van der Waals surface area (Å²) >= 11 is 0. The molecule has 1 heterocycles. The topological polar surface area (TPSA) is 156 Å². The summed E-state index contributed by atoms with van der Waals surface area (Å²) in [5.41, 5.74) is -2.74. The second-order valence-corrected chi connectivity index (χ2v) is 6.60. The van der Waals surface area contributed by atoms with Crippen LogP contribution in [0, 0.1) is 5.92 Å². The van der Waals surface area contributed by atoms with Gasteiger partial charge >= 0.3 is 23.9 Å². The molecule has 1 aliphatic rings. The van der Waals surface area contributed by atoms with Crippen molar-refractivity contribution < 1.29 is 39.6 Å². The maximum absolute atomic E-state index is 11.9. The fraction of sp³-hybridized carbons (Fsp3) is 0.765. The van der Waals surface area contributed by atoms with Crippen molar-refractivity contribution in [3.05, 3.63) is 0 Å². The molecule has 10 nitrogen and oxygen atoms in total. The molecule has 156 valence electrons. The van der Waals surface area contributed by atoms with Crippen molar-refractivity contribution in [1.29, 1.82) is 0 Å². The lowest BCUT2D eigenvalue weighted by atomic mass is 9.96. The fourth-order valence-electron chi connectivity index (χ4n) is 2.61. The molecule has 0 spiro atoms. The highest BCUT2D eigenvalue weighted by Crippen LogP contribution is 2.17. The summed E-state index contributed by atoms with van der Waals surface area (Å²) in [6.07, 6.45) is 0.0310. The molecule has 0 bridgehead atoms. The van der Waals surface area contributed by atoms with Gasteiger partial charge in [-0.05, 0) is 32.6 Å². The van der Waals surface area contributed by atoms with Crippen LogP contribution in [0.4, 0.5) is 4.79 Å². The van der Waals surface area contributed by atoms with E-state index >= 15 is 0 Å². The fourth-order valence-corrected chi connectivity index (χ4v) is 2.61. The molecule has 1 saturated heterocycles. The summed E-state index contributed by atoms with van der Waals surface area (Å²) in [4.78, 5) is 46.3. The van der Waals surface area contributed by atoms with E-state index in [1.54, 1.807) is 0 Å². The van der Waals surface area contributed by atoms with Gasteiger partial charge in [-0.25, -0.2) is 9.59 Å². The van der Waals surface area contributed by atoms with E-state index in [0.717, 1.165) is 44.9 Å². The van der Waals surface area contributed by atoms with Crippen LogP contribution in [0.15, 0.2) is 0 Å². The van der Waals surface area contributed by atoms with Crippen molar-refractivity contribution in [3.63, 3.8) is 0 Å². The number of piperidine rings is 1. The van der Waals surface area contributed by atoms with Crippen LogP contribution in [-0.2, 0) is 14.4 Å². The normalized spacial score (nSPS) is 14.7. The van der Waals surface area contributed by atoms with Crippen molar-refractivity contribution >= 4 is 23.9 Å². The van der Waals surface area contributed by atoms with Gasteiger partial charge in [0.15, 0.2) is 5.60 Å². The summed E-state index contributed by atoms with van der Waals surface area (Å²) in [7, 11) is 0. The smallest absolute Gasteiger partial charge is 0.336 e. The minimum Gasteiger partial charge on any atom is -0.481 e. The molecule has 4 N–H and O–H groups in total. The number of rotatable bonds is 7. The molecule has 27 heavy (non-hydrogen) atoms. The summed E-state index contributed by atoms with van der Waals surface area (Å²) in [5.74, 6) is -4.23. The van der Waals surface area contributed by atoms with Gasteiger partial charge in [-0.1, -0.05) is 6.92 Å². The Bertz CT molecular complexity index is 509. The number of aliphatic carboxylic acids is 3. The quantitative estimate of drug-likeness (QED) is 0.500. The SMILES string of the molecule is CCN(CC)C(=O)N1CCC(C)CC1.O=C(O)CC(O)(CC(=O)O)C(=O)O. The van der Waals surface area contributed by atoms with Crippen molar-refractivity contribution in [1.82, 2.24) is 9.80 Å². The van der Waals surface area contributed by atoms with Crippen LogP contribution >= 0.6 is 0 Å². The first kappa shape index (κ1) is 24.6. The van der Waals surface area contributed by atoms with E-state index in [4.69, 9.17) is 20.4 Å². The molecular weight excluding hydrogens is 360 g/mol. The second-order valence-electron chi connectivity index (χ2n) is 6.60. The standard InChI is InChI=1S/C11H22N2O.C6H8O7/c1-4-12(5-2)11(14)13-8-6-10(3)7-9-13;7-3(8)1-6(13,5(11)12)2-4(9)10/h10H,4-9H2,1-3H3;13H,1-2H2,(H,7,8)(H,9,10)(H,11,12). The van der Waals surface area contributed by atoms with Gasteiger partial charge in [0.25, 0.3) is 0 Å². The van der Waals surface area contributed by atoms with Crippen LogP contribution < -0.4 is 0 Å². The lowest BCUT2D eigenvalue weighted by Gasteiger charge is -2.34. The van der Waals surface area contributed by atoms with Crippen molar-refractivity contribution in [3.8, 4) is 0 Å². The zero-order valence-electron chi connectivity index (χ0n) is 16.1. The Kier molecular flexibility index (Phi) is 10.4. The minimum atomic E-state index is -2.74. The molecule has 0 aromatic rings. The summed E-state index contributed by atoms with van der Waals surface area (Å²) in [6, 6.07) is 0.224. The predicted octanol–water partition coefficient (Wildman–Crippen LogP) is 0.932. The molecule has 1 fully saturated rings. The predicted molar refractivity (Wildman–Crippen MR) is 95.4 cm³/mol. The third-order valence-electron chi connectivity index (χ3n) is 4.37. The van der Waals surface area contributed by atoms with Gasteiger partial charge in [-0.2, -0.15) is 0 Å². The highest BCUT2D eigenvalue weighted by Gasteiger charge is 2.40. The number of nitrogens with zero attached hydrogens (tertiary/aromatic N) is 2. The van der Waals surface area contributed by atoms with E-state index in [0.29, 0.717) is 0 Å². The van der Waals surface area contributed by atoms with E-state index in [1.165, 1.54) is 0 Å². The maximum atomic E-state index is 11.9. The van der Waals surface area contributed by atoms with Gasteiger partial charge in [-0.3, -0.25) is 9.59 Å². The third-order valence-corrected chi connectivity index (χ3v) is 4.37. The second kappa shape index (κ2) is 11.4. The largest absolute Gasteiger partial charge is 0.481 e. The molecule has 0 unspecified atom stereocenters. The Morgan fingerprint density at radius 1 is 0.963 bits per heavy atom. The van der Waals surface area contributed by atoms with E-state index < -0.39 is 36.4 Å². The minimum absolute atomic E-state index is 0.224. The van der Waals surface area contributed by atoms with Crippen LogP contribution in [0.5, 0.6) is 0 Å². The Hall–Kier alpha value is -2.36. The highest BCUT2D eigenvalue weighted by molar-refractivity contribution is 5.88. The molecule has 10 heteroatoms. The van der Waals surface area contributed by atoms with Crippen molar-refractivity contribution in [2.24, 2.45) is 5.92 Å². The summed E-state index contributed by atoms with van der Waals surface area (Å²) in [5, 5.41) is 33.8. The molecule has 0 aromatic heterocycles. The van der Waals surface area contributed by atoms with Crippen LogP contribution in [0.3, 0.4) is 0 Å². The Morgan fingerprint density at radius 3 is 1.67 bits per heavy atom. The molecule has 0 saturated carbocycles. The van der Waals surface area contributed by atoms with Gasteiger partial charge in [0.2, 0.25) is 0 Å². The van der Waals surface area contributed by atoms with Gasteiger partial charge in [0.05, 0.1) is 12.8 Å². The number of amides is 2. The maximum Gasteiger partial charge on any atom is 0.336 e. The van der Waals surface area contributed by atoms with Crippen LogP contribution in [0.2, 0.25) is 0 Å². The average molecular weight is 390 g/mol. The zero-order chi connectivity index (χ0) is 21.2. The van der Waals surface area contributed by atoms with E-state index in [-0.39, 0.29) is 6.03 Å². The monoisotopic (exact) mass is 390 g/mol. The van der Waals surface area contributed by atoms with Gasteiger partial charge < -0.3 is 30.2 Å². The Morgan fingerprint density at radius 2 is 1.37 bits per heavy atom. The van der Waals surface area contributed by atoms with Gasteiger partial charge in [0.1, 0.15) is 0 Å². The van der Waals surface area contributed by atoms with Crippen LogP contribution in [-0.4, -0.2) is 85.9 Å². The molecule has 0 aromatic carbocycles. The van der Waals surface area contributed by atoms with Crippen molar-refractivity contribution in [2.75, 3.05) is 26.2 Å². The Labute approximate surface area is 158 Å². The molecular formula is C17H30N2O8. The Balaban J connectivity index is 0.000000503. The van der Waals surface area contributed by atoms with Gasteiger partial charge in [0, 0.05) is 26.2 Å². The van der Waals surface area contributed by atoms with E-state index in [1.807, 2.05) is 23.6 Å². The number of carboxylic acids is 3. The summed E-state index contributed by atoms with van der Waals surface area (Å²) < 4.78 is 0. The zero-order valence-corrected chi connectivity index (χ0v) is 16.1. The number of urea groups is 1. The molecule has 2 amide bonds. The van der Waals surface area contributed by atoms with E-state index in [9.17, 15) is 19.2 Å². The van der Waals surface area contributed by atoms with Crippen molar-refractivity contribution in [2.45, 2.75) is 52.1 Å². The number of carbonyl (C=O) groups is 4. The molecule has 0 radical (unpaired) electrons. The third kappa shape index (κ3) is 8.72.